The Morgan fingerprint density at radius 3 is 2.68 bits per heavy atom. The first-order valence-electron chi connectivity index (χ1n) is 9.77. The number of aliphatic imine (C=N–C) groups is 1. The van der Waals surface area contributed by atoms with Crippen molar-refractivity contribution in [2.24, 2.45) is 4.99 Å². The van der Waals surface area contributed by atoms with Gasteiger partial charge in [0.1, 0.15) is 12.4 Å². The minimum Gasteiger partial charge on any atom is -0.491 e. The molecule has 1 aromatic rings. The summed E-state index contributed by atoms with van der Waals surface area (Å²) in [5.41, 5.74) is 2.35. The third-order valence-corrected chi connectivity index (χ3v) is 5.24. The van der Waals surface area contributed by atoms with E-state index in [4.69, 9.17) is 9.47 Å². The zero-order valence-electron chi connectivity index (χ0n) is 18.2. The molecule has 1 aliphatic heterocycles. The number of hydrogen-bond donors (Lipinski definition) is 2. The highest BCUT2D eigenvalue weighted by Gasteiger charge is 2.20. The lowest BCUT2D eigenvalue weighted by atomic mass is 10.0. The van der Waals surface area contributed by atoms with Gasteiger partial charge in [0.25, 0.3) is 0 Å². The molecule has 1 fully saturated rings. The standard InChI is InChI=1S/C21H36N4O2.HI/c1-16-9-10-17(19(12-16)27-14-18-8-7-11-26-18)13-23-20(22-4)24-15-21(2,3)25(5)6;/h9-10,12,18H,7-8,11,13-15H2,1-6H3,(H2,22,23,24);1H. The van der Waals surface area contributed by atoms with E-state index in [1.807, 2.05) is 0 Å². The number of hydrogen-bond acceptors (Lipinski definition) is 4. The molecule has 1 unspecified atom stereocenters. The van der Waals surface area contributed by atoms with Gasteiger partial charge in [0.2, 0.25) is 0 Å². The van der Waals surface area contributed by atoms with Crippen molar-refractivity contribution < 1.29 is 9.47 Å². The summed E-state index contributed by atoms with van der Waals surface area (Å²) < 4.78 is 11.8. The van der Waals surface area contributed by atoms with Crippen molar-refractivity contribution in [3.05, 3.63) is 29.3 Å². The second kappa shape index (κ2) is 11.8. The van der Waals surface area contributed by atoms with E-state index < -0.39 is 0 Å². The van der Waals surface area contributed by atoms with Gasteiger partial charge in [0.15, 0.2) is 5.96 Å². The third-order valence-electron chi connectivity index (χ3n) is 5.24. The zero-order chi connectivity index (χ0) is 19.9. The summed E-state index contributed by atoms with van der Waals surface area (Å²) >= 11 is 0. The van der Waals surface area contributed by atoms with Crippen LogP contribution in [0.2, 0.25) is 0 Å². The van der Waals surface area contributed by atoms with Crippen molar-refractivity contribution in [1.82, 2.24) is 15.5 Å². The number of rotatable bonds is 8. The van der Waals surface area contributed by atoms with Crippen molar-refractivity contribution in [2.45, 2.75) is 51.8 Å². The summed E-state index contributed by atoms with van der Waals surface area (Å²) in [6.45, 7) is 9.40. The first-order valence-corrected chi connectivity index (χ1v) is 9.77. The fourth-order valence-electron chi connectivity index (χ4n) is 2.76. The largest absolute Gasteiger partial charge is 0.491 e. The van der Waals surface area contributed by atoms with Gasteiger partial charge in [0.05, 0.1) is 6.10 Å². The Kier molecular flexibility index (Phi) is 10.5. The van der Waals surface area contributed by atoms with E-state index >= 15 is 0 Å². The summed E-state index contributed by atoms with van der Waals surface area (Å²) in [5.74, 6) is 1.71. The quantitative estimate of drug-likeness (QED) is 0.324. The number of likely N-dealkylation sites (N-methyl/N-ethyl adjacent to an activating group) is 1. The van der Waals surface area contributed by atoms with Crippen LogP contribution in [-0.4, -0.2) is 63.4 Å². The van der Waals surface area contributed by atoms with Crippen molar-refractivity contribution in [3.63, 3.8) is 0 Å². The minimum atomic E-state index is 0. The number of guanidine groups is 1. The zero-order valence-corrected chi connectivity index (χ0v) is 20.5. The van der Waals surface area contributed by atoms with Gasteiger partial charge in [-0.1, -0.05) is 12.1 Å². The van der Waals surface area contributed by atoms with Crippen molar-refractivity contribution in [3.8, 4) is 5.75 Å². The van der Waals surface area contributed by atoms with Gasteiger partial charge >= 0.3 is 0 Å². The molecule has 28 heavy (non-hydrogen) atoms. The Morgan fingerprint density at radius 2 is 2.07 bits per heavy atom. The maximum absolute atomic E-state index is 6.08. The smallest absolute Gasteiger partial charge is 0.191 e. The molecule has 1 aromatic carbocycles. The van der Waals surface area contributed by atoms with Crippen LogP contribution < -0.4 is 15.4 Å². The summed E-state index contributed by atoms with van der Waals surface area (Å²) in [7, 11) is 5.96. The average Bonchev–Trinajstić information content (AvgIpc) is 3.14. The Hall–Kier alpha value is -1.06. The van der Waals surface area contributed by atoms with Gasteiger partial charge in [-0.15, -0.1) is 24.0 Å². The Labute approximate surface area is 187 Å². The van der Waals surface area contributed by atoms with Crippen LogP contribution in [0.25, 0.3) is 0 Å². The van der Waals surface area contributed by atoms with Gasteiger partial charge in [-0.05, 0) is 59.3 Å². The molecule has 1 atom stereocenters. The molecule has 7 heteroatoms. The summed E-state index contributed by atoms with van der Waals surface area (Å²) in [4.78, 5) is 6.54. The maximum Gasteiger partial charge on any atom is 0.191 e. The minimum absolute atomic E-state index is 0. The van der Waals surface area contributed by atoms with E-state index in [1.54, 1.807) is 7.05 Å². The predicted octanol–water partition coefficient (Wildman–Crippen LogP) is 3.18. The van der Waals surface area contributed by atoms with Crippen molar-refractivity contribution in [2.75, 3.05) is 40.9 Å². The molecule has 2 rings (SSSR count). The lowest BCUT2D eigenvalue weighted by Crippen LogP contribution is -2.50. The molecule has 1 saturated heterocycles. The van der Waals surface area contributed by atoms with Crippen LogP contribution in [-0.2, 0) is 11.3 Å². The van der Waals surface area contributed by atoms with E-state index in [9.17, 15) is 0 Å². The number of benzene rings is 1. The fraction of sp³-hybridized carbons (Fsp3) is 0.667. The molecule has 0 spiro atoms. The first-order chi connectivity index (χ1) is 12.8. The van der Waals surface area contributed by atoms with Crippen LogP contribution in [0.4, 0.5) is 0 Å². The molecular formula is C21H37IN4O2. The highest BCUT2D eigenvalue weighted by atomic mass is 127. The highest BCUT2D eigenvalue weighted by Crippen LogP contribution is 2.22. The van der Waals surface area contributed by atoms with E-state index in [2.05, 4.69) is 73.6 Å². The van der Waals surface area contributed by atoms with Crippen LogP contribution in [0.3, 0.4) is 0 Å². The van der Waals surface area contributed by atoms with Gasteiger partial charge in [0, 0.05) is 37.8 Å². The van der Waals surface area contributed by atoms with E-state index in [-0.39, 0.29) is 35.6 Å². The second-order valence-corrected chi connectivity index (χ2v) is 8.04. The van der Waals surface area contributed by atoms with Crippen LogP contribution in [0.1, 0.15) is 37.8 Å². The SMILES string of the molecule is CN=C(NCc1ccc(C)cc1OCC1CCCO1)NCC(C)(C)N(C)C.I. The molecule has 1 aliphatic rings. The van der Waals surface area contributed by atoms with Gasteiger partial charge in [-0.2, -0.15) is 0 Å². The van der Waals surface area contributed by atoms with Crippen LogP contribution in [0.15, 0.2) is 23.2 Å². The maximum atomic E-state index is 6.08. The highest BCUT2D eigenvalue weighted by molar-refractivity contribution is 14.0. The molecule has 0 amide bonds. The van der Waals surface area contributed by atoms with Gasteiger partial charge < -0.3 is 25.0 Å². The normalized spacial score (nSPS) is 17.4. The Bertz CT molecular complexity index is 629. The molecule has 0 bridgehead atoms. The van der Waals surface area contributed by atoms with E-state index in [0.29, 0.717) is 13.2 Å². The fourth-order valence-corrected chi connectivity index (χ4v) is 2.76. The van der Waals surface area contributed by atoms with Gasteiger partial charge in [-0.25, -0.2) is 0 Å². The van der Waals surface area contributed by atoms with Gasteiger partial charge in [-0.3, -0.25) is 4.99 Å². The number of nitrogens with one attached hydrogen (secondary N) is 2. The molecule has 6 nitrogen and oxygen atoms in total. The number of aryl methyl sites for hydroxylation is 1. The third kappa shape index (κ3) is 7.75. The molecule has 2 N–H and O–H groups in total. The number of ether oxygens (including phenoxy) is 2. The second-order valence-electron chi connectivity index (χ2n) is 8.04. The molecule has 0 radical (unpaired) electrons. The van der Waals surface area contributed by atoms with Crippen LogP contribution in [0, 0.1) is 6.92 Å². The average molecular weight is 504 g/mol. The van der Waals surface area contributed by atoms with Crippen LogP contribution >= 0.6 is 24.0 Å². The van der Waals surface area contributed by atoms with E-state index in [1.165, 1.54) is 5.56 Å². The molecule has 1 heterocycles. The summed E-state index contributed by atoms with van der Waals surface area (Å²) in [6.07, 6.45) is 2.42. The molecule has 0 aromatic heterocycles. The predicted molar refractivity (Wildman–Crippen MR) is 127 cm³/mol. The number of nitrogens with zero attached hydrogens (tertiary/aromatic N) is 2. The van der Waals surface area contributed by atoms with Crippen molar-refractivity contribution in [1.29, 1.82) is 0 Å². The monoisotopic (exact) mass is 504 g/mol. The molecule has 0 aliphatic carbocycles. The molecule has 0 saturated carbocycles. The van der Waals surface area contributed by atoms with Crippen molar-refractivity contribution >= 4 is 29.9 Å². The molecule has 160 valence electrons. The lowest BCUT2D eigenvalue weighted by Gasteiger charge is -2.33. The summed E-state index contributed by atoms with van der Waals surface area (Å²) in [5, 5.41) is 6.80. The molecular weight excluding hydrogens is 467 g/mol. The Balaban J connectivity index is 0.00000392. The first kappa shape index (κ1) is 25.0. The topological polar surface area (TPSA) is 58.1 Å². The lowest BCUT2D eigenvalue weighted by molar-refractivity contribution is 0.0676. The number of halogens is 1. The Morgan fingerprint density at radius 1 is 1.32 bits per heavy atom. The van der Waals surface area contributed by atoms with E-state index in [0.717, 1.165) is 43.3 Å². The summed E-state index contributed by atoms with van der Waals surface area (Å²) in [6, 6.07) is 6.32. The van der Waals surface area contributed by atoms with Crippen LogP contribution in [0.5, 0.6) is 5.75 Å².